The van der Waals surface area contributed by atoms with Crippen molar-refractivity contribution in [3.63, 3.8) is 0 Å². The molecule has 0 aromatic heterocycles. The lowest BCUT2D eigenvalue weighted by atomic mass is 9.72. The van der Waals surface area contributed by atoms with Crippen molar-refractivity contribution in [3.8, 4) is 0 Å². The average Bonchev–Trinajstić information content (AvgIpc) is 2.69. The summed E-state index contributed by atoms with van der Waals surface area (Å²) in [6.45, 7) is 4.24. The number of carbonyl (C=O) groups is 1. The van der Waals surface area contributed by atoms with Crippen LogP contribution in [0.25, 0.3) is 0 Å². The number of rotatable bonds is 5. The minimum absolute atomic E-state index is 0.0333. The quantitative estimate of drug-likeness (QED) is 0.807. The molecule has 26 heavy (non-hydrogen) atoms. The predicted molar refractivity (Wildman–Crippen MR) is 102 cm³/mol. The van der Waals surface area contributed by atoms with Gasteiger partial charge in [0.05, 0.1) is 11.2 Å². The Hall–Kier alpha value is -1.44. The fourth-order valence-corrected chi connectivity index (χ4v) is 5.14. The van der Waals surface area contributed by atoms with Crippen molar-refractivity contribution in [2.45, 2.75) is 44.1 Å². The molecule has 2 heterocycles. The van der Waals surface area contributed by atoms with Gasteiger partial charge in [0.1, 0.15) is 0 Å². The molecule has 0 saturated carbocycles. The number of nitrogens with zero attached hydrogens (tertiary/aromatic N) is 1. The highest BCUT2D eigenvalue weighted by Gasteiger charge is 2.45. The van der Waals surface area contributed by atoms with Crippen LogP contribution in [0.4, 0.5) is 0 Å². The lowest BCUT2D eigenvalue weighted by Gasteiger charge is -2.41. The van der Waals surface area contributed by atoms with Crippen LogP contribution in [-0.4, -0.2) is 56.6 Å². The molecular formula is C19H29N3O3S. The van der Waals surface area contributed by atoms with Crippen LogP contribution < -0.4 is 10.6 Å². The Kier molecular flexibility index (Phi) is 5.99. The maximum atomic E-state index is 13.3. The fourth-order valence-electron chi connectivity index (χ4n) is 4.03. The molecule has 1 aromatic rings. The molecule has 144 valence electrons. The van der Waals surface area contributed by atoms with Gasteiger partial charge in [-0.3, -0.25) is 4.79 Å². The number of piperidine rings is 2. The molecular weight excluding hydrogens is 350 g/mol. The van der Waals surface area contributed by atoms with Gasteiger partial charge in [0.2, 0.25) is 15.9 Å². The number of sulfonamides is 1. The largest absolute Gasteiger partial charge is 0.351 e. The van der Waals surface area contributed by atoms with Crippen LogP contribution in [0.2, 0.25) is 0 Å². The molecule has 1 unspecified atom stereocenters. The summed E-state index contributed by atoms with van der Waals surface area (Å²) in [6, 6.07) is 9.96. The van der Waals surface area contributed by atoms with Crippen molar-refractivity contribution in [2.75, 3.05) is 31.9 Å². The summed E-state index contributed by atoms with van der Waals surface area (Å²) in [6.07, 6.45) is 3.08. The maximum absolute atomic E-state index is 13.3. The topological polar surface area (TPSA) is 78.5 Å². The van der Waals surface area contributed by atoms with Gasteiger partial charge in [0.15, 0.2) is 0 Å². The third-order valence-corrected chi connectivity index (χ3v) is 7.61. The zero-order chi connectivity index (χ0) is 18.6. The Balaban J connectivity index is 1.81. The molecule has 3 rings (SSSR count). The van der Waals surface area contributed by atoms with E-state index in [9.17, 15) is 13.2 Å². The van der Waals surface area contributed by atoms with Gasteiger partial charge in [-0.05, 0) is 44.7 Å². The molecule has 0 spiro atoms. The van der Waals surface area contributed by atoms with E-state index in [1.54, 1.807) is 6.92 Å². The van der Waals surface area contributed by atoms with Gasteiger partial charge in [-0.1, -0.05) is 30.3 Å². The highest BCUT2D eigenvalue weighted by atomic mass is 32.2. The second kappa shape index (κ2) is 8.06. The van der Waals surface area contributed by atoms with E-state index >= 15 is 0 Å². The van der Waals surface area contributed by atoms with E-state index in [1.165, 1.54) is 4.31 Å². The number of hydrogen-bond acceptors (Lipinski definition) is 4. The summed E-state index contributed by atoms with van der Waals surface area (Å²) < 4.78 is 25.9. The van der Waals surface area contributed by atoms with Gasteiger partial charge in [-0.25, -0.2) is 12.7 Å². The number of amides is 1. The molecule has 7 heteroatoms. The molecule has 1 atom stereocenters. The lowest BCUT2D eigenvalue weighted by molar-refractivity contribution is -0.129. The highest BCUT2D eigenvalue weighted by Crippen LogP contribution is 2.37. The van der Waals surface area contributed by atoms with Crippen LogP contribution in [0.3, 0.4) is 0 Å². The van der Waals surface area contributed by atoms with E-state index in [1.807, 2.05) is 30.3 Å². The van der Waals surface area contributed by atoms with Crippen molar-refractivity contribution in [1.29, 1.82) is 0 Å². The molecule has 0 aliphatic carbocycles. The Labute approximate surface area is 156 Å². The Bertz CT molecular complexity index is 707. The molecule has 0 bridgehead atoms. The molecule has 2 fully saturated rings. The SMILES string of the molecule is CCS(=O)(=O)N1CCC(C(=O)NC2CCCNC2)(c2ccccc2)CC1. The third kappa shape index (κ3) is 3.94. The Morgan fingerprint density at radius 2 is 1.96 bits per heavy atom. The smallest absolute Gasteiger partial charge is 0.231 e. The molecule has 1 aromatic carbocycles. The summed E-state index contributed by atoms with van der Waals surface area (Å²) in [4.78, 5) is 13.3. The normalized spacial score (nSPS) is 24.1. The van der Waals surface area contributed by atoms with Crippen LogP contribution in [0.15, 0.2) is 30.3 Å². The first-order valence-corrected chi connectivity index (χ1v) is 11.1. The highest BCUT2D eigenvalue weighted by molar-refractivity contribution is 7.89. The van der Waals surface area contributed by atoms with Gasteiger partial charge in [-0.2, -0.15) is 0 Å². The second-order valence-corrected chi connectivity index (χ2v) is 9.52. The summed E-state index contributed by atoms with van der Waals surface area (Å²) in [5.41, 5.74) is 0.327. The number of carbonyl (C=O) groups excluding carboxylic acids is 1. The van der Waals surface area contributed by atoms with Crippen LogP contribution in [0.5, 0.6) is 0 Å². The molecule has 2 aliphatic heterocycles. The van der Waals surface area contributed by atoms with Gasteiger partial charge >= 0.3 is 0 Å². The van der Waals surface area contributed by atoms with Gasteiger partial charge < -0.3 is 10.6 Å². The predicted octanol–water partition coefficient (Wildman–Crippen LogP) is 1.24. The summed E-state index contributed by atoms with van der Waals surface area (Å²) in [7, 11) is -3.21. The fraction of sp³-hybridized carbons (Fsp3) is 0.632. The molecule has 0 radical (unpaired) electrons. The van der Waals surface area contributed by atoms with Crippen LogP contribution in [0.1, 0.15) is 38.2 Å². The van der Waals surface area contributed by atoms with E-state index in [-0.39, 0.29) is 17.7 Å². The maximum Gasteiger partial charge on any atom is 0.231 e. The second-order valence-electron chi connectivity index (χ2n) is 7.26. The van der Waals surface area contributed by atoms with E-state index in [0.29, 0.717) is 25.9 Å². The zero-order valence-corrected chi connectivity index (χ0v) is 16.2. The molecule has 2 aliphatic rings. The Morgan fingerprint density at radius 1 is 1.27 bits per heavy atom. The van der Waals surface area contributed by atoms with Gasteiger partial charge in [0.25, 0.3) is 0 Å². The Morgan fingerprint density at radius 3 is 2.54 bits per heavy atom. The first kappa shape index (κ1) is 19.3. The van der Waals surface area contributed by atoms with Crippen molar-refractivity contribution in [2.24, 2.45) is 0 Å². The molecule has 2 saturated heterocycles. The monoisotopic (exact) mass is 379 g/mol. The standard InChI is InChI=1S/C19H29N3O3S/c1-2-26(24,25)22-13-10-19(11-14-22,16-7-4-3-5-8-16)18(23)21-17-9-6-12-20-15-17/h3-5,7-8,17,20H,2,6,9-15H2,1H3,(H,21,23). The minimum atomic E-state index is -3.21. The van der Waals surface area contributed by atoms with Crippen LogP contribution in [-0.2, 0) is 20.2 Å². The van der Waals surface area contributed by atoms with E-state index in [0.717, 1.165) is 31.5 Å². The summed E-state index contributed by atoms with van der Waals surface area (Å²) in [5, 5.41) is 6.55. The van der Waals surface area contributed by atoms with E-state index in [2.05, 4.69) is 10.6 Å². The number of hydrogen-bond donors (Lipinski definition) is 2. The van der Waals surface area contributed by atoms with Gasteiger partial charge in [-0.15, -0.1) is 0 Å². The molecule has 6 nitrogen and oxygen atoms in total. The first-order valence-electron chi connectivity index (χ1n) is 9.53. The summed E-state index contributed by atoms with van der Waals surface area (Å²) in [5.74, 6) is 0.136. The van der Waals surface area contributed by atoms with Crippen molar-refractivity contribution >= 4 is 15.9 Å². The lowest BCUT2D eigenvalue weighted by Crippen LogP contribution is -2.56. The number of benzene rings is 1. The summed E-state index contributed by atoms with van der Waals surface area (Å²) >= 11 is 0. The van der Waals surface area contributed by atoms with Crippen molar-refractivity contribution in [3.05, 3.63) is 35.9 Å². The zero-order valence-electron chi connectivity index (χ0n) is 15.4. The van der Waals surface area contributed by atoms with Crippen LogP contribution in [0, 0.1) is 0 Å². The van der Waals surface area contributed by atoms with E-state index < -0.39 is 15.4 Å². The van der Waals surface area contributed by atoms with Crippen molar-refractivity contribution in [1.82, 2.24) is 14.9 Å². The van der Waals surface area contributed by atoms with Gasteiger partial charge in [0, 0.05) is 25.7 Å². The average molecular weight is 380 g/mol. The molecule has 1 amide bonds. The van der Waals surface area contributed by atoms with Crippen molar-refractivity contribution < 1.29 is 13.2 Å². The van der Waals surface area contributed by atoms with Crippen LogP contribution >= 0.6 is 0 Å². The van der Waals surface area contributed by atoms with E-state index in [4.69, 9.17) is 0 Å². The number of nitrogens with one attached hydrogen (secondary N) is 2. The third-order valence-electron chi connectivity index (χ3n) is 5.73. The minimum Gasteiger partial charge on any atom is -0.351 e. The molecule has 2 N–H and O–H groups in total. The first-order chi connectivity index (χ1) is 12.5.